The van der Waals surface area contributed by atoms with Crippen molar-refractivity contribution in [2.75, 3.05) is 6.61 Å². The minimum Gasteiger partial charge on any atom is -0.463 e. The minimum atomic E-state index is -0.821. The molecule has 0 fully saturated rings. The molecule has 0 N–H and O–H groups in total. The van der Waals surface area contributed by atoms with Gasteiger partial charge in [-0.1, -0.05) is 69.2 Å². The lowest BCUT2D eigenvalue weighted by molar-refractivity contribution is -0.139. The quantitative estimate of drug-likeness (QED) is 0.292. The van der Waals surface area contributed by atoms with E-state index >= 15 is 0 Å². The fraction of sp³-hybridized carbons (Fsp3) is 0.148. The Morgan fingerprint density at radius 3 is 2.67 bits per heavy atom. The van der Waals surface area contributed by atoms with E-state index in [2.05, 4.69) is 20.9 Å². The molecule has 6 nitrogen and oxygen atoms in total. The van der Waals surface area contributed by atoms with Gasteiger partial charge in [0.25, 0.3) is 5.56 Å². The zero-order valence-corrected chi connectivity index (χ0v) is 22.5. The van der Waals surface area contributed by atoms with Crippen molar-refractivity contribution < 1.29 is 13.9 Å². The maximum absolute atomic E-state index is 13.7. The van der Waals surface area contributed by atoms with Crippen LogP contribution in [0.5, 0.6) is 0 Å². The molecule has 9 heteroatoms. The molecule has 0 saturated carbocycles. The summed E-state index contributed by atoms with van der Waals surface area (Å²) in [6, 6.07) is 17.8. The summed E-state index contributed by atoms with van der Waals surface area (Å²) in [7, 11) is 0. The maximum atomic E-state index is 13.7. The minimum absolute atomic E-state index is 0.196. The van der Waals surface area contributed by atoms with Crippen LogP contribution < -0.4 is 14.9 Å². The Kier molecular flexibility index (Phi) is 6.83. The van der Waals surface area contributed by atoms with E-state index in [1.807, 2.05) is 48.5 Å². The monoisotopic (exact) mass is 582 g/mol. The van der Waals surface area contributed by atoms with Gasteiger partial charge < -0.3 is 9.15 Å². The van der Waals surface area contributed by atoms with Crippen molar-refractivity contribution in [1.29, 1.82) is 0 Å². The van der Waals surface area contributed by atoms with Gasteiger partial charge in [0, 0.05) is 15.1 Å². The summed E-state index contributed by atoms with van der Waals surface area (Å²) in [5.41, 5.74) is 2.04. The van der Waals surface area contributed by atoms with Gasteiger partial charge in [-0.15, -0.1) is 0 Å². The first-order valence-electron chi connectivity index (χ1n) is 11.2. The third kappa shape index (κ3) is 4.52. The number of hydrogen-bond donors (Lipinski definition) is 0. The molecular formula is C27H20BrClN2O4S. The molecule has 182 valence electrons. The molecule has 0 saturated heterocycles. The van der Waals surface area contributed by atoms with E-state index in [9.17, 15) is 9.59 Å². The Hall–Kier alpha value is -3.20. The Bertz CT molecular complexity index is 1680. The topological polar surface area (TPSA) is 73.8 Å². The standard InChI is InChI=1S/C27H20BrClN2O4S/c1-3-34-26(33)23-15(2)30-27-31(25(32)22(36-27)14-17-6-4-5-7-19(17)29)24(23)21-13-12-20(35-21)16-8-10-18(28)11-9-16/h4-14,24H,3H2,1-2H3/b22-14-/t24-/m1/s1. The highest BCUT2D eigenvalue weighted by Crippen LogP contribution is 2.34. The van der Waals surface area contributed by atoms with Crippen molar-refractivity contribution in [3.8, 4) is 11.3 Å². The number of thiazole rings is 1. The van der Waals surface area contributed by atoms with E-state index in [-0.39, 0.29) is 17.7 Å². The lowest BCUT2D eigenvalue weighted by Gasteiger charge is -2.22. The molecule has 0 amide bonds. The van der Waals surface area contributed by atoms with E-state index in [1.165, 1.54) is 15.9 Å². The lowest BCUT2D eigenvalue weighted by Crippen LogP contribution is -2.39. The molecule has 0 unspecified atom stereocenters. The number of carbonyl (C=O) groups excluding carboxylic acids is 1. The summed E-state index contributed by atoms with van der Waals surface area (Å²) in [6.07, 6.45) is 1.74. The number of fused-ring (bicyclic) bond motifs is 1. The van der Waals surface area contributed by atoms with Gasteiger partial charge in [0.1, 0.15) is 17.6 Å². The summed E-state index contributed by atoms with van der Waals surface area (Å²) in [4.78, 5) is 31.8. The number of hydrogen-bond acceptors (Lipinski definition) is 6. The van der Waals surface area contributed by atoms with Crippen LogP contribution in [0.15, 0.2) is 90.6 Å². The van der Waals surface area contributed by atoms with E-state index in [0.29, 0.717) is 31.6 Å². The smallest absolute Gasteiger partial charge is 0.338 e. The van der Waals surface area contributed by atoms with Crippen molar-refractivity contribution in [3.63, 3.8) is 0 Å². The number of furan rings is 1. The number of carbonyl (C=O) groups is 1. The van der Waals surface area contributed by atoms with Gasteiger partial charge >= 0.3 is 5.97 Å². The van der Waals surface area contributed by atoms with Crippen LogP contribution in [-0.4, -0.2) is 17.1 Å². The normalized spacial score (nSPS) is 15.6. The molecule has 0 bridgehead atoms. The Morgan fingerprint density at radius 1 is 1.19 bits per heavy atom. The highest BCUT2D eigenvalue weighted by molar-refractivity contribution is 9.10. The number of ether oxygens (including phenoxy) is 1. The molecule has 5 rings (SSSR count). The van der Waals surface area contributed by atoms with E-state index in [1.54, 1.807) is 32.1 Å². The summed E-state index contributed by atoms with van der Waals surface area (Å²) in [5, 5.41) is 0.536. The van der Waals surface area contributed by atoms with Crippen LogP contribution in [0, 0.1) is 0 Å². The van der Waals surface area contributed by atoms with E-state index in [0.717, 1.165) is 15.6 Å². The Morgan fingerprint density at radius 2 is 1.94 bits per heavy atom. The lowest BCUT2D eigenvalue weighted by atomic mass is 10.0. The van der Waals surface area contributed by atoms with Gasteiger partial charge in [-0.05, 0) is 55.8 Å². The molecule has 1 atom stereocenters. The van der Waals surface area contributed by atoms with E-state index < -0.39 is 12.0 Å². The van der Waals surface area contributed by atoms with Crippen LogP contribution >= 0.6 is 38.9 Å². The average molecular weight is 584 g/mol. The van der Waals surface area contributed by atoms with Gasteiger partial charge in [-0.25, -0.2) is 9.79 Å². The second-order valence-corrected chi connectivity index (χ2v) is 10.4. The molecular weight excluding hydrogens is 564 g/mol. The van der Waals surface area contributed by atoms with Crippen molar-refractivity contribution in [3.05, 3.63) is 112 Å². The number of allylic oxidation sites excluding steroid dienone is 1. The van der Waals surface area contributed by atoms with Gasteiger partial charge in [0.15, 0.2) is 4.80 Å². The molecule has 2 aromatic heterocycles. The largest absolute Gasteiger partial charge is 0.463 e. The van der Waals surface area contributed by atoms with Crippen LogP contribution in [0.4, 0.5) is 0 Å². The van der Waals surface area contributed by atoms with Crippen molar-refractivity contribution in [1.82, 2.24) is 4.57 Å². The van der Waals surface area contributed by atoms with Crippen LogP contribution in [0.1, 0.15) is 31.2 Å². The molecule has 3 heterocycles. The molecule has 0 radical (unpaired) electrons. The molecule has 1 aliphatic heterocycles. The first kappa shape index (κ1) is 24.5. The fourth-order valence-corrected chi connectivity index (χ4v) is 5.56. The molecule has 1 aliphatic rings. The van der Waals surface area contributed by atoms with Crippen LogP contribution in [0.3, 0.4) is 0 Å². The second-order valence-electron chi connectivity index (χ2n) is 8.03. The maximum Gasteiger partial charge on any atom is 0.338 e. The van der Waals surface area contributed by atoms with Crippen LogP contribution in [-0.2, 0) is 9.53 Å². The van der Waals surface area contributed by atoms with Gasteiger partial charge in [0.2, 0.25) is 0 Å². The van der Waals surface area contributed by atoms with Gasteiger partial charge in [0.05, 0.1) is 22.4 Å². The van der Waals surface area contributed by atoms with Crippen molar-refractivity contribution >= 4 is 50.9 Å². The third-order valence-electron chi connectivity index (χ3n) is 5.73. The number of nitrogens with zero attached hydrogens (tertiary/aromatic N) is 2. The molecule has 0 spiro atoms. The predicted octanol–water partition coefficient (Wildman–Crippen LogP) is 5.47. The first-order valence-corrected chi connectivity index (χ1v) is 13.2. The predicted molar refractivity (Wildman–Crippen MR) is 144 cm³/mol. The van der Waals surface area contributed by atoms with Gasteiger partial charge in [-0.2, -0.15) is 0 Å². The number of rotatable bonds is 5. The Balaban J connectivity index is 1.70. The highest BCUT2D eigenvalue weighted by atomic mass is 79.9. The van der Waals surface area contributed by atoms with Crippen molar-refractivity contribution in [2.45, 2.75) is 19.9 Å². The number of esters is 1. The number of aromatic nitrogens is 1. The second kappa shape index (κ2) is 10.0. The van der Waals surface area contributed by atoms with E-state index in [4.69, 9.17) is 20.8 Å². The first-order chi connectivity index (χ1) is 17.4. The summed E-state index contributed by atoms with van der Waals surface area (Å²) in [5.74, 6) is 0.523. The zero-order valence-electron chi connectivity index (χ0n) is 19.3. The number of benzene rings is 2. The summed E-state index contributed by atoms with van der Waals surface area (Å²) >= 11 is 11.0. The zero-order chi connectivity index (χ0) is 25.4. The van der Waals surface area contributed by atoms with Crippen LogP contribution in [0.2, 0.25) is 5.02 Å². The summed E-state index contributed by atoms with van der Waals surface area (Å²) < 4.78 is 14.5. The Labute approximate surface area is 224 Å². The molecule has 0 aliphatic carbocycles. The van der Waals surface area contributed by atoms with Crippen LogP contribution in [0.25, 0.3) is 17.4 Å². The third-order valence-corrected chi connectivity index (χ3v) is 7.59. The van der Waals surface area contributed by atoms with Crippen molar-refractivity contribution in [2.24, 2.45) is 4.99 Å². The fourth-order valence-electron chi connectivity index (χ4n) is 4.06. The highest BCUT2D eigenvalue weighted by Gasteiger charge is 2.35. The number of halogens is 2. The molecule has 2 aromatic carbocycles. The van der Waals surface area contributed by atoms with Gasteiger partial charge in [-0.3, -0.25) is 9.36 Å². The average Bonchev–Trinajstić information content (AvgIpc) is 3.45. The molecule has 4 aromatic rings. The summed E-state index contributed by atoms with van der Waals surface area (Å²) in [6.45, 7) is 3.67. The molecule has 36 heavy (non-hydrogen) atoms. The SMILES string of the molecule is CCOC(=O)C1=C(C)N=c2s/c(=C\c3ccccc3Cl)c(=O)n2[C@@H]1c1ccc(-c2ccc(Br)cc2)o1.